The van der Waals surface area contributed by atoms with Crippen LogP contribution >= 0.6 is 0 Å². The molecule has 1 atom stereocenters. The Morgan fingerprint density at radius 1 is 0.909 bits per heavy atom. The summed E-state index contributed by atoms with van der Waals surface area (Å²) < 4.78 is 28.1. The number of anilines is 3. The molecule has 8 heteroatoms. The lowest BCUT2D eigenvalue weighted by Crippen LogP contribution is -2.47. The zero-order valence-electron chi connectivity index (χ0n) is 19.0. The fraction of sp³-hybridized carbons (Fsp3) is 0.400. The third kappa shape index (κ3) is 4.34. The number of aromatic nitrogens is 3. The summed E-state index contributed by atoms with van der Waals surface area (Å²) in [7, 11) is 0. The van der Waals surface area contributed by atoms with E-state index in [9.17, 15) is 8.78 Å². The molecule has 4 heterocycles. The standard InChI is InChI=1S/C25H28F2N6/c1-17-15-19(7-8-20(17)26)22-16-23(30-25(29-22)33-10-4-5-18(33)2)31-11-13-32(14-12-31)24-21(27)6-3-9-28-24/h3,6-9,15-16,18H,4-5,10-14H2,1-2H3. The van der Waals surface area contributed by atoms with E-state index in [1.807, 2.05) is 17.0 Å². The van der Waals surface area contributed by atoms with Crippen molar-refractivity contribution in [3.8, 4) is 11.3 Å². The number of rotatable bonds is 4. The number of benzene rings is 1. The second-order valence-corrected chi connectivity index (χ2v) is 8.84. The predicted molar refractivity (Wildman–Crippen MR) is 127 cm³/mol. The molecule has 0 bridgehead atoms. The van der Waals surface area contributed by atoms with Crippen LogP contribution in [0.3, 0.4) is 0 Å². The molecule has 0 aliphatic carbocycles. The molecule has 5 rings (SSSR count). The SMILES string of the molecule is Cc1cc(-c2cc(N3CCN(c4ncccc4F)CC3)nc(N3CCCC3C)n2)ccc1F. The molecular weight excluding hydrogens is 422 g/mol. The molecule has 172 valence electrons. The van der Waals surface area contributed by atoms with Crippen molar-refractivity contribution in [2.45, 2.75) is 32.7 Å². The van der Waals surface area contributed by atoms with E-state index in [4.69, 9.17) is 9.97 Å². The Morgan fingerprint density at radius 3 is 2.39 bits per heavy atom. The lowest BCUT2D eigenvalue weighted by molar-refractivity contribution is 0.586. The van der Waals surface area contributed by atoms with Crippen molar-refractivity contribution in [1.29, 1.82) is 0 Å². The average molecular weight is 451 g/mol. The Morgan fingerprint density at radius 2 is 1.70 bits per heavy atom. The van der Waals surface area contributed by atoms with Crippen molar-refractivity contribution >= 4 is 17.6 Å². The van der Waals surface area contributed by atoms with Gasteiger partial charge in [-0.3, -0.25) is 0 Å². The largest absolute Gasteiger partial charge is 0.353 e. The first kappa shape index (κ1) is 21.6. The molecule has 33 heavy (non-hydrogen) atoms. The first-order valence-electron chi connectivity index (χ1n) is 11.5. The van der Waals surface area contributed by atoms with Gasteiger partial charge in [-0.1, -0.05) is 0 Å². The van der Waals surface area contributed by atoms with Crippen LogP contribution in [-0.2, 0) is 0 Å². The lowest BCUT2D eigenvalue weighted by atomic mass is 10.1. The van der Waals surface area contributed by atoms with E-state index in [0.29, 0.717) is 49.6 Å². The van der Waals surface area contributed by atoms with Gasteiger partial charge < -0.3 is 14.7 Å². The summed E-state index contributed by atoms with van der Waals surface area (Å²) in [5.41, 5.74) is 2.25. The van der Waals surface area contributed by atoms with Crippen LogP contribution in [0, 0.1) is 18.6 Å². The quantitative estimate of drug-likeness (QED) is 0.586. The molecule has 1 aromatic carbocycles. The van der Waals surface area contributed by atoms with Gasteiger partial charge in [0.15, 0.2) is 11.6 Å². The van der Waals surface area contributed by atoms with Crippen LogP contribution in [0.2, 0.25) is 0 Å². The van der Waals surface area contributed by atoms with Crippen molar-refractivity contribution in [2.75, 3.05) is 47.4 Å². The van der Waals surface area contributed by atoms with Gasteiger partial charge in [0.05, 0.1) is 5.69 Å². The van der Waals surface area contributed by atoms with Crippen molar-refractivity contribution < 1.29 is 8.78 Å². The molecule has 0 N–H and O–H groups in total. The highest BCUT2D eigenvalue weighted by molar-refractivity contribution is 5.66. The maximum Gasteiger partial charge on any atom is 0.228 e. The Labute approximate surface area is 192 Å². The fourth-order valence-corrected chi connectivity index (χ4v) is 4.65. The molecule has 2 saturated heterocycles. The van der Waals surface area contributed by atoms with Crippen LogP contribution in [0.15, 0.2) is 42.6 Å². The zero-order valence-corrected chi connectivity index (χ0v) is 19.0. The van der Waals surface area contributed by atoms with E-state index >= 15 is 0 Å². The molecule has 2 aromatic heterocycles. The molecule has 2 aliphatic rings. The third-order valence-corrected chi connectivity index (χ3v) is 6.61. The Kier molecular flexibility index (Phi) is 5.83. The molecule has 0 radical (unpaired) electrons. The second kappa shape index (κ2) is 8.92. The number of nitrogens with zero attached hydrogens (tertiary/aromatic N) is 6. The van der Waals surface area contributed by atoms with Crippen molar-refractivity contribution in [3.05, 3.63) is 59.8 Å². The predicted octanol–water partition coefficient (Wildman–Crippen LogP) is 4.44. The van der Waals surface area contributed by atoms with Gasteiger partial charge in [-0.05, 0) is 62.6 Å². The number of hydrogen-bond acceptors (Lipinski definition) is 6. The van der Waals surface area contributed by atoms with E-state index in [1.165, 1.54) is 12.1 Å². The Bertz CT molecular complexity index is 1150. The van der Waals surface area contributed by atoms with Gasteiger partial charge in [0.2, 0.25) is 5.95 Å². The van der Waals surface area contributed by atoms with Crippen LogP contribution < -0.4 is 14.7 Å². The third-order valence-electron chi connectivity index (χ3n) is 6.61. The van der Waals surface area contributed by atoms with Gasteiger partial charge in [-0.15, -0.1) is 0 Å². The zero-order chi connectivity index (χ0) is 22.9. The van der Waals surface area contributed by atoms with Gasteiger partial charge >= 0.3 is 0 Å². The van der Waals surface area contributed by atoms with Gasteiger partial charge in [0.25, 0.3) is 0 Å². The molecule has 1 unspecified atom stereocenters. The number of halogens is 2. The van der Waals surface area contributed by atoms with Crippen LogP contribution in [0.1, 0.15) is 25.3 Å². The Balaban J connectivity index is 1.45. The summed E-state index contributed by atoms with van der Waals surface area (Å²) in [6.45, 7) is 7.59. The van der Waals surface area contributed by atoms with E-state index in [2.05, 4.69) is 21.7 Å². The van der Waals surface area contributed by atoms with Crippen molar-refractivity contribution in [1.82, 2.24) is 15.0 Å². The molecule has 2 fully saturated rings. The van der Waals surface area contributed by atoms with Gasteiger partial charge in [-0.25, -0.2) is 18.7 Å². The smallest absolute Gasteiger partial charge is 0.228 e. The normalized spacial score (nSPS) is 18.8. The van der Waals surface area contributed by atoms with Crippen LogP contribution in [-0.4, -0.2) is 53.7 Å². The summed E-state index contributed by atoms with van der Waals surface area (Å²) in [4.78, 5) is 20.5. The van der Waals surface area contributed by atoms with Crippen molar-refractivity contribution in [2.24, 2.45) is 0 Å². The van der Waals surface area contributed by atoms with Crippen LogP contribution in [0.5, 0.6) is 0 Å². The first-order chi connectivity index (χ1) is 16.0. The van der Waals surface area contributed by atoms with Gasteiger partial charge in [0.1, 0.15) is 11.6 Å². The molecule has 6 nitrogen and oxygen atoms in total. The fourth-order valence-electron chi connectivity index (χ4n) is 4.65. The maximum absolute atomic E-state index is 14.2. The van der Waals surface area contributed by atoms with E-state index in [0.717, 1.165) is 36.5 Å². The minimum atomic E-state index is -0.299. The topological polar surface area (TPSA) is 48.4 Å². The molecule has 0 amide bonds. The van der Waals surface area contributed by atoms with Crippen molar-refractivity contribution in [3.63, 3.8) is 0 Å². The van der Waals surface area contributed by atoms with E-state index in [-0.39, 0.29) is 11.6 Å². The summed E-state index contributed by atoms with van der Waals surface area (Å²) >= 11 is 0. The highest BCUT2D eigenvalue weighted by Crippen LogP contribution is 2.30. The second-order valence-electron chi connectivity index (χ2n) is 8.84. The average Bonchev–Trinajstić information content (AvgIpc) is 3.27. The number of piperazine rings is 1. The maximum atomic E-state index is 14.2. The summed E-state index contributed by atoms with van der Waals surface area (Å²) in [5, 5.41) is 0. The lowest BCUT2D eigenvalue weighted by Gasteiger charge is -2.36. The summed E-state index contributed by atoms with van der Waals surface area (Å²) in [6, 6.07) is 10.5. The number of pyridine rings is 1. The van der Waals surface area contributed by atoms with Gasteiger partial charge in [0, 0.05) is 56.6 Å². The monoisotopic (exact) mass is 450 g/mol. The molecular formula is C25H28F2N6. The number of aryl methyl sites for hydroxylation is 1. The summed E-state index contributed by atoms with van der Waals surface area (Å²) in [6.07, 6.45) is 3.86. The molecule has 2 aliphatic heterocycles. The minimum Gasteiger partial charge on any atom is -0.353 e. The van der Waals surface area contributed by atoms with Gasteiger partial charge in [-0.2, -0.15) is 4.98 Å². The first-order valence-corrected chi connectivity index (χ1v) is 11.5. The number of hydrogen-bond donors (Lipinski definition) is 0. The van der Waals surface area contributed by atoms with E-state index < -0.39 is 0 Å². The molecule has 3 aromatic rings. The van der Waals surface area contributed by atoms with Crippen LogP contribution in [0.4, 0.5) is 26.4 Å². The Hall–Kier alpha value is -3.29. The molecule has 0 spiro atoms. The summed E-state index contributed by atoms with van der Waals surface area (Å²) in [5.74, 6) is 1.44. The highest BCUT2D eigenvalue weighted by Gasteiger charge is 2.26. The minimum absolute atomic E-state index is 0.223. The van der Waals surface area contributed by atoms with E-state index in [1.54, 1.807) is 25.3 Å². The molecule has 0 saturated carbocycles. The highest BCUT2D eigenvalue weighted by atomic mass is 19.1. The van der Waals surface area contributed by atoms with Crippen LogP contribution in [0.25, 0.3) is 11.3 Å².